The Morgan fingerprint density at radius 1 is 1.18 bits per heavy atom. The fourth-order valence-electron chi connectivity index (χ4n) is 3.24. The summed E-state index contributed by atoms with van der Waals surface area (Å²) in [5, 5.41) is 4.05. The second-order valence-corrected chi connectivity index (χ2v) is 7.19. The topological polar surface area (TPSA) is 63.4 Å². The first kappa shape index (κ1) is 18.8. The Morgan fingerprint density at radius 3 is 2.75 bits per heavy atom. The number of benzene rings is 1. The fourth-order valence-corrected chi connectivity index (χ4v) is 3.37. The van der Waals surface area contributed by atoms with Gasteiger partial charge in [-0.3, -0.25) is 4.98 Å². The molecule has 7 heteroatoms. The van der Waals surface area contributed by atoms with E-state index >= 15 is 0 Å². The second-order valence-electron chi connectivity index (χ2n) is 6.75. The maximum atomic E-state index is 5.96. The van der Waals surface area contributed by atoms with Crippen LogP contribution in [0.2, 0.25) is 5.02 Å². The van der Waals surface area contributed by atoms with E-state index in [1.165, 1.54) is 0 Å². The zero-order valence-electron chi connectivity index (χ0n) is 15.8. The number of anilines is 1. The summed E-state index contributed by atoms with van der Waals surface area (Å²) in [6.45, 7) is 6.27. The fraction of sp³-hybridized carbons (Fsp3) is 0.333. The van der Waals surface area contributed by atoms with Crippen LogP contribution in [0, 0.1) is 6.92 Å². The standard InChI is InChI=1S/C21H23ClN4O2/c1-15-17(12-19(28-15)16-2-4-18(22)5-3-16)6-11-27-21-14-24-13-20(25-21)26-9-7-23-8-10-26/h2-5,12-14,23H,6-11H2,1H3. The molecule has 3 aromatic rings. The summed E-state index contributed by atoms with van der Waals surface area (Å²) in [5.74, 6) is 3.15. The summed E-state index contributed by atoms with van der Waals surface area (Å²) >= 11 is 5.96. The molecule has 146 valence electrons. The highest BCUT2D eigenvalue weighted by molar-refractivity contribution is 6.30. The summed E-state index contributed by atoms with van der Waals surface area (Å²) in [6, 6.07) is 9.70. The molecule has 6 nitrogen and oxygen atoms in total. The molecule has 0 unspecified atom stereocenters. The molecule has 0 aliphatic carbocycles. The molecule has 0 amide bonds. The van der Waals surface area contributed by atoms with Gasteiger partial charge in [-0.2, -0.15) is 4.98 Å². The Hall–Kier alpha value is -2.57. The van der Waals surface area contributed by atoms with Gasteiger partial charge in [-0.1, -0.05) is 11.6 Å². The van der Waals surface area contributed by atoms with E-state index in [0.717, 1.165) is 61.1 Å². The van der Waals surface area contributed by atoms with Crippen molar-refractivity contribution >= 4 is 17.4 Å². The average Bonchev–Trinajstić information content (AvgIpc) is 3.10. The van der Waals surface area contributed by atoms with Crippen LogP contribution in [0.1, 0.15) is 11.3 Å². The third-order valence-corrected chi connectivity index (χ3v) is 5.06. The minimum atomic E-state index is 0.514. The van der Waals surface area contributed by atoms with Crippen LogP contribution in [0.4, 0.5) is 5.82 Å². The zero-order chi connectivity index (χ0) is 19.3. The minimum Gasteiger partial charge on any atom is -0.476 e. The van der Waals surface area contributed by atoms with Gasteiger partial charge in [0.15, 0.2) is 5.82 Å². The highest BCUT2D eigenvalue weighted by atomic mass is 35.5. The summed E-state index contributed by atoms with van der Waals surface area (Å²) in [6.07, 6.45) is 4.19. The van der Waals surface area contributed by atoms with Crippen molar-refractivity contribution in [1.29, 1.82) is 0 Å². The van der Waals surface area contributed by atoms with Crippen LogP contribution in [-0.4, -0.2) is 42.8 Å². The van der Waals surface area contributed by atoms with Gasteiger partial charge in [0.05, 0.1) is 19.0 Å². The monoisotopic (exact) mass is 398 g/mol. The molecule has 4 rings (SSSR count). The van der Waals surface area contributed by atoms with Crippen molar-refractivity contribution in [2.45, 2.75) is 13.3 Å². The first-order valence-electron chi connectivity index (χ1n) is 9.45. The molecule has 0 radical (unpaired) electrons. The van der Waals surface area contributed by atoms with Crippen LogP contribution < -0.4 is 15.0 Å². The van der Waals surface area contributed by atoms with Crippen molar-refractivity contribution in [1.82, 2.24) is 15.3 Å². The van der Waals surface area contributed by atoms with E-state index in [1.807, 2.05) is 31.2 Å². The van der Waals surface area contributed by atoms with Crippen molar-refractivity contribution in [3.8, 4) is 17.2 Å². The molecule has 0 saturated carbocycles. The minimum absolute atomic E-state index is 0.514. The second kappa shape index (κ2) is 8.63. The van der Waals surface area contributed by atoms with Gasteiger partial charge in [0.2, 0.25) is 5.88 Å². The Bertz CT molecular complexity index is 920. The number of aryl methyl sites for hydroxylation is 1. The number of piperazine rings is 1. The van der Waals surface area contributed by atoms with E-state index in [4.69, 9.17) is 20.8 Å². The molecule has 1 aliphatic rings. The third kappa shape index (κ3) is 4.46. The molecule has 2 aromatic heterocycles. The number of nitrogens with zero attached hydrogens (tertiary/aromatic N) is 3. The number of nitrogens with one attached hydrogen (secondary N) is 1. The van der Waals surface area contributed by atoms with Crippen LogP contribution >= 0.6 is 11.6 Å². The van der Waals surface area contributed by atoms with Gasteiger partial charge in [-0.05, 0) is 42.8 Å². The first-order valence-corrected chi connectivity index (χ1v) is 9.82. The Balaban J connectivity index is 1.37. The number of furan rings is 1. The van der Waals surface area contributed by atoms with Crippen molar-refractivity contribution in [3.05, 3.63) is 59.1 Å². The molecular weight excluding hydrogens is 376 g/mol. The highest BCUT2D eigenvalue weighted by Crippen LogP contribution is 2.27. The summed E-state index contributed by atoms with van der Waals surface area (Å²) in [5.41, 5.74) is 2.13. The predicted molar refractivity (Wildman–Crippen MR) is 110 cm³/mol. The SMILES string of the molecule is Cc1oc(-c2ccc(Cl)cc2)cc1CCOc1cncc(N2CCNCC2)n1. The number of ether oxygens (including phenoxy) is 1. The Morgan fingerprint density at radius 2 is 1.96 bits per heavy atom. The number of hydrogen-bond donors (Lipinski definition) is 1. The predicted octanol–water partition coefficient (Wildman–Crippen LogP) is 3.73. The average molecular weight is 399 g/mol. The van der Waals surface area contributed by atoms with Crippen LogP contribution in [0.3, 0.4) is 0 Å². The van der Waals surface area contributed by atoms with E-state index in [0.29, 0.717) is 17.5 Å². The first-order chi connectivity index (χ1) is 13.7. The van der Waals surface area contributed by atoms with Gasteiger partial charge in [0.1, 0.15) is 11.5 Å². The summed E-state index contributed by atoms with van der Waals surface area (Å²) < 4.78 is 11.8. The molecule has 1 N–H and O–H groups in total. The quantitative estimate of drug-likeness (QED) is 0.682. The van der Waals surface area contributed by atoms with E-state index in [2.05, 4.69) is 26.3 Å². The van der Waals surface area contributed by atoms with E-state index in [-0.39, 0.29) is 0 Å². The van der Waals surface area contributed by atoms with Crippen molar-refractivity contribution in [2.24, 2.45) is 0 Å². The summed E-state index contributed by atoms with van der Waals surface area (Å²) in [4.78, 5) is 11.1. The maximum Gasteiger partial charge on any atom is 0.234 e. The van der Waals surface area contributed by atoms with Crippen LogP contribution in [0.25, 0.3) is 11.3 Å². The Labute approximate surface area is 169 Å². The molecule has 0 spiro atoms. The van der Waals surface area contributed by atoms with Crippen LogP contribution in [0.15, 0.2) is 47.1 Å². The lowest BCUT2D eigenvalue weighted by Crippen LogP contribution is -2.43. The van der Waals surface area contributed by atoms with Gasteiger partial charge in [0.25, 0.3) is 0 Å². The molecular formula is C21H23ClN4O2. The van der Waals surface area contributed by atoms with Gasteiger partial charge in [0, 0.05) is 43.2 Å². The van der Waals surface area contributed by atoms with Gasteiger partial charge in [-0.15, -0.1) is 0 Å². The zero-order valence-corrected chi connectivity index (χ0v) is 16.6. The van der Waals surface area contributed by atoms with Crippen LogP contribution in [0.5, 0.6) is 5.88 Å². The van der Waals surface area contributed by atoms with E-state index in [9.17, 15) is 0 Å². The van der Waals surface area contributed by atoms with Crippen molar-refractivity contribution in [2.75, 3.05) is 37.7 Å². The van der Waals surface area contributed by atoms with Crippen molar-refractivity contribution in [3.63, 3.8) is 0 Å². The van der Waals surface area contributed by atoms with E-state index < -0.39 is 0 Å². The smallest absolute Gasteiger partial charge is 0.234 e. The lowest BCUT2D eigenvalue weighted by Gasteiger charge is -2.28. The molecule has 1 saturated heterocycles. The van der Waals surface area contributed by atoms with Gasteiger partial charge in [-0.25, -0.2) is 0 Å². The molecule has 1 aliphatic heterocycles. The van der Waals surface area contributed by atoms with Crippen LogP contribution in [-0.2, 0) is 6.42 Å². The summed E-state index contributed by atoms with van der Waals surface area (Å²) in [7, 11) is 0. The number of aromatic nitrogens is 2. The lowest BCUT2D eigenvalue weighted by atomic mass is 10.1. The van der Waals surface area contributed by atoms with Crippen molar-refractivity contribution < 1.29 is 9.15 Å². The third-order valence-electron chi connectivity index (χ3n) is 4.81. The van der Waals surface area contributed by atoms with Gasteiger partial charge < -0.3 is 19.4 Å². The molecule has 28 heavy (non-hydrogen) atoms. The number of hydrogen-bond acceptors (Lipinski definition) is 6. The number of rotatable bonds is 6. The molecule has 0 bridgehead atoms. The molecule has 1 aromatic carbocycles. The molecule has 3 heterocycles. The highest BCUT2D eigenvalue weighted by Gasteiger charge is 2.13. The Kier molecular flexibility index (Phi) is 5.78. The number of halogens is 1. The molecule has 1 fully saturated rings. The lowest BCUT2D eigenvalue weighted by molar-refractivity contribution is 0.307. The normalized spacial score (nSPS) is 14.3. The largest absolute Gasteiger partial charge is 0.476 e. The maximum absolute atomic E-state index is 5.96. The van der Waals surface area contributed by atoms with Gasteiger partial charge >= 0.3 is 0 Å². The van der Waals surface area contributed by atoms with E-state index in [1.54, 1.807) is 12.4 Å². The molecule has 0 atom stereocenters.